The predicted octanol–water partition coefficient (Wildman–Crippen LogP) is 4.31. The van der Waals surface area contributed by atoms with Crippen molar-refractivity contribution in [2.45, 2.75) is 31.0 Å². The summed E-state index contributed by atoms with van der Waals surface area (Å²) < 4.78 is 66.2. The van der Waals surface area contributed by atoms with Crippen LogP contribution in [0.1, 0.15) is 19.4 Å². The molecule has 0 atom stereocenters. The minimum Gasteiger partial charge on any atom is -0.264 e. The van der Waals surface area contributed by atoms with Crippen molar-refractivity contribution < 1.29 is 21.6 Å². The van der Waals surface area contributed by atoms with E-state index in [1.165, 1.54) is 12.1 Å². The molecule has 0 aliphatic rings. The summed E-state index contributed by atoms with van der Waals surface area (Å²) >= 11 is 0. The van der Waals surface area contributed by atoms with Crippen molar-refractivity contribution >= 4 is 15.7 Å². The lowest BCUT2D eigenvalue weighted by Crippen LogP contribution is -2.38. The lowest BCUT2D eigenvalue weighted by molar-refractivity contribution is -0.139. The molecule has 0 aliphatic carbocycles. The first kappa shape index (κ1) is 17.3. The molecule has 0 N–H and O–H groups in total. The molecule has 0 fully saturated rings. The maximum absolute atomic E-state index is 13.2. The number of hydrogen-bond donors (Lipinski definition) is 0. The average molecular weight is 343 g/mol. The monoisotopic (exact) mass is 343 g/mol. The fraction of sp³-hybridized carbons (Fsp3) is 0.250. The number of hydrogen-bond acceptors (Lipinski definition) is 2. The van der Waals surface area contributed by atoms with Crippen molar-refractivity contribution in [1.29, 1.82) is 0 Å². The van der Waals surface area contributed by atoms with Gasteiger partial charge in [-0.25, -0.2) is 8.42 Å². The van der Waals surface area contributed by atoms with Crippen molar-refractivity contribution in [3.63, 3.8) is 0 Å². The number of rotatable bonds is 4. The summed E-state index contributed by atoms with van der Waals surface area (Å²) in [6, 6.07) is 11.7. The Bertz CT molecular complexity index is 771. The SMILES string of the molecule is CC(C)N(c1ccccc1)S(=O)(=O)c1ccccc1C(F)(F)F. The van der Waals surface area contributed by atoms with E-state index in [1.807, 2.05) is 0 Å². The zero-order valence-corrected chi connectivity index (χ0v) is 13.4. The fourth-order valence-corrected chi connectivity index (χ4v) is 4.20. The second-order valence-corrected chi connectivity index (χ2v) is 7.01. The molecule has 0 unspecified atom stereocenters. The highest BCUT2D eigenvalue weighted by Crippen LogP contribution is 2.36. The molecule has 0 saturated carbocycles. The normalized spacial score (nSPS) is 12.4. The fourth-order valence-electron chi connectivity index (χ4n) is 2.32. The van der Waals surface area contributed by atoms with Gasteiger partial charge in [-0.3, -0.25) is 4.31 Å². The largest absolute Gasteiger partial charge is 0.417 e. The van der Waals surface area contributed by atoms with Crippen molar-refractivity contribution in [2.75, 3.05) is 4.31 Å². The van der Waals surface area contributed by atoms with Crippen LogP contribution in [0.4, 0.5) is 18.9 Å². The quantitative estimate of drug-likeness (QED) is 0.830. The van der Waals surface area contributed by atoms with Crippen LogP contribution >= 0.6 is 0 Å². The summed E-state index contributed by atoms with van der Waals surface area (Å²) in [5.41, 5.74) is -0.846. The molecule has 0 aromatic heterocycles. The van der Waals surface area contributed by atoms with E-state index in [9.17, 15) is 21.6 Å². The van der Waals surface area contributed by atoms with Gasteiger partial charge in [0.1, 0.15) is 0 Å². The molecule has 0 bridgehead atoms. The van der Waals surface area contributed by atoms with Crippen LogP contribution in [-0.4, -0.2) is 14.5 Å². The van der Waals surface area contributed by atoms with E-state index in [4.69, 9.17) is 0 Å². The Morgan fingerprint density at radius 2 is 1.43 bits per heavy atom. The maximum atomic E-state index is 13.2. The third-order valence-corrected chi connectivity index (χ3v) is 5.27. The van der Waals surface area contributed by atoms with E-state index in [0.29, 0.717) is 5.69 Å². The molecular formula is C16H16F3NO2S. The first-order chi connectivity index (χ1) is 10.7. The number of nitrogens with zero attached hydrogens (tertiary/aromatic N) is 1. The molecule has 23 heavy (non-hydrogen) atoms. The molecule has 0 heterocycles. The molecule has 3 nitrogen and oxygen atoms in total. The Kier molecular flexibility index (Phi) is 4.70. The number of anilines is 1. The first-order valence-electron chi connectivity index (χ1n) is 6.91. The lowest BCUT2D eigenvalue weighted by Gasteiger charge is -2.29. The number of halogens is 3. The zero-order valence-electron chi connectivity index (χ0n) is 12.6. The molecule has 0 spiro atoms. The molecule has 7 heteroatoms. The number of alkyl halides is 3. The highest BCUT2D eigenvalue weighted by atomic mass is 32.2. The molecule has 2 rings (SSSR count). The molecule has 2 aromatic rings. The Balaban J connectivity index is 2.66. The van der Waals surface area contributed by atoms with Gasteiger partial charge in [-0.2, -0.15) is 13.2 Å². The van der Waals surface area contributed by atoms with Gasteiger partial charge in [0.05, 0.1) is 16.1 Å². The van der Waals surface area contributed by atoms with Crippen LogP contribution in [0.25, 0.3) is 0 Å². The predicted molar refractivity (Wildman–Crippen MR) is 82.7 cm³/mol. The molecule has 0 saturated heterocycles. The van der Waals surface area contributed by atoms with Gasteiger partial charge in [0, 0.05) is 6.04 Å². The van der Waals surface area contributed by atoms with Crippen molar-refractivity contribution in [2.24, 2.45) is 0 Å². The Labute approximate surface area is 133 Å². The summed E-state index contributed by atoms with van der Waals surface area (Å²) in [4.78, 5) is -0.745. The molecule has 124 valence electrons. The molecule has 0 aliphatic heterocycles. The van der Waals surface area contributed by atoms with E-state index in [1.54, 1.807) is 44.2 Å². The lowest BCUT2D eigenvalue weighted by atomic mass is 10.2. The topological polar surface area (TPSA) is 37.4 Å². The van der Waals surface area contributed by atoms with Gasteiger partial charge in [0.2, 0.25) is 0 Å². The van der Waals surface area contributed by atoms with Crippen LogP contribution in [0.2, 0.25) is 0 Å². The second kappa shape index (κ2) is 6.23. The van der Waals surface area contributed by atoms with Crippen molar-refractivity contribution in [1.82, 2.24) is 0 Å². The second-order valence-electron chi connectivity index (χ2n) is 5.22. The van der Waals surface area contributed by atoms with Crippen LogP contribution in [-0.2, 0) is 16.2 Å². The van der Waals surface area contributed by atoms with E-state index < -0.39 is 32.7 Å². The first-order valence-corrected chi connectivity index (χ1v) is 8.35. The maximum Gasteiger partial charge on any atom is 0.417 e. The minimum atomic E-state index is -4.75. The van der Waals surface area contributed by atoms with Gasteiger partial charge < -0.3 is 0 Å². The van der Waals surface area contributed by atoms with Gasteiger partial charge in [-0.1, -0.05) is 30.3 Å². The highest BCUT2D eigenvalue weighted by Gasteiger charge is 2.39. The summed E-state index contributed by atoms with van der Waals surface area (Å²) in [7, 11) is -4.35. The smallest absolute Gasteiger partial charge is 0.264 e. The van der Waals surface area contributed by atoms with Crippen LogP contribution in [0.3, 0.4) is 0 Å². The van der Waals surface area contributed by atoms with Crippen LogP contribution in [0, 0.1) is 0 Å². The van der Waals surface area contributed by atoms with Gasteiger partial charge in [0.25, 0.3) is 10.0 Å². The van der Waals surface area contributed by atoms with Crippen LogP contribution in [0.5, 0.6) is 0 Å². The van der Waals surface area contributed by atoms with Gasteiger partial charge in [0.15, 0.2) is 0 Å². The average Bonchev–Trinajstić information content (AvgIpc) is 2.47. The number of benzene rings is 2. The van der Waals surface area contributed by atoms with Gasteiger partial charge >= 0.3 is 6.18 Å². The summed E-state index contributed by atoms with van der Waals surface area (Å²) in [6.45, 7) is 3.22. The highest BCUT2D eigenvalue weighted by molar-refractivity contribution is 7.93. The minimum absolute atomic E-state index is 0.319. The number of para-hydroxylation sites is 1. The Morgan fingerprint density at radius 3 is 1.96 bits per heavy atom. The zero-order chi connectivity index (χ0) is 17.3. The number of sulfonamides is 1. The molecule has 0 radical (unpaired) electrons. The van der Waals surface area contributed by atoms with Crippen molar-refractivity contribution in [3.8, 4) is 0 Å². The molecular weight excluding hydrogens is 327 g/mol. The van der Waals surface area contributed by atoms with Gasteiger partial charge in [-0.15, -0.1) is 0 Å². The molecule has 0 amide bonds. The van der Waals surface area contributed by atoms with Crippen LogP contribution < -0.4 is 4.31 Å². The third-order valence-electron chi connectivity index (χ3n) is 3.21. The summed E-state index contributed by atoms with van der Waals surface area (Å²) in [5.74, 6) is 0. The van der Waals surface area contributed by atoms with Crippen molar-refractivity contribution in [3.05, 3.63) is 60.2 Å². The Morgan fingerprint density at radius 1 is 0.913 bits per heavy atom. The standard InChI is InChI=1S/C16H16F3NO2S/c1-12(2)20(13-8-4-3-5-9-13)23(21,22)15-11-7-6-10-14(15)16(17,18)19/h3-12H,1-2H3. The van der Waals surface area contributed by atoms with E-state index >= 15 is 0 Å². The van der Waals surface area contributed by atoms with E-state index in [2.05, 4.69) is 0 Å². The van der Waals surface area contributed by atoms with Crippen LogP contribution in [0.15, 0.2) is 59.5 Å². The van der Waals surface area contributed by atoms with E-state index in [0.717, 1.165) is 16.4 Å². The van der Waals surface area contributed by atoms with Gasteiger partial charge in [-0.05, 0) is 38.1 Å². The molecule has 2 aromatic carbocycles. The summed E-state index contributed by atoms with van der Waals surface area (Å²) in [5, 5.41) is 0. The summed E-state index contributed by atoms with van der Waals surface area (Å²) in [6.07, 6.45) is -4.75. The third kappa shape index (κ3) is 3.50. The Hall–Kier alpha value is -2.02. The van der Waals surface area contributed by atoms with E-state index in [-0.39, 0.29) is 0 Å².